The minimum atomic E-state index is -1.07. The molecule has 1 aromatic carbocycles. The second-order valence-corrected chi connectivity index (χ2v) is 4.75. The Labute approximate surface area is 126 Å². The molecule has 2 aromatic rings. The molecule has 0 saturated heterocycles. The maximum absolute atomic E-state index is 13.0. The summed E-state index contributed by atoms with van der Waals surface area (Å²) in [6.07, 6.45) is 0. The third-order valence-corrected chi connectivity index (χ3v) is 2.84. The maximum atomic E-state index is 13.0. The Bertz CT molecular complexity index is 688. The number of benzene rings is 1. The molecule has 2 amide bonds. The van der Waals surface area contributed by atoms with Gasteiger partial charge < -0.3 is 15.1 Å². The van der Waals surface area contributed by atoms with Crippen molar-refractivity contribution in [3.63, 3.8) is 0 Å². The van der Waals surface area contributed by atoms with Gasteiger partial charge in [-0.2, -0.15) is 0 Å². The molecular weight excluding hydrogens is 350 g/mol. The molecule has 21 heavy (non-hydrogen) atoms. The number of hydrogen-bond donors (Lipinski definition) is 2. The smallest absolute Gasteiger partial charge is 0.287 e. The molecule has 0 unspecified atom stereocenters. The second-order valence-electron chi connectivity index (χ2n) is 3.96. The van der Waals surface area contributed by atoms with E-state index in [1.165, 1.54) is 18.2 Å². The van der Waals surface area contributed by atoms with Crippen LogP contribution in [0.15, 0.2) is 39.4 Å². The van der Waals surface area contributed by atoms with Crippen LogP contribution in [0.1, 0.15) is 10.6 Å². The topological polar surface area (TPSA) is 71.3 Å². The zero-order valence-corrected chi connectivity index (χ0v) is 12.0. The van der Waals surface area contributed by atoms with Gasteiger partial charge in [0.15, 0.2) is 22.1 Å². The maximum Gasteiger partial charge on any atom is 0.287 e. The van der Waals surface area contributed by atoms with Crippen LogP contribution in [0.3, 0.4) is 0 Å². The lowest BCUT2D eigenvalue weighted by Crippen LogP contribution is -2.32. The summed E-state index contributed by atoms with van der Waals surface area (Å²) in [5.41, 5.74) is 0.0916. The molecule has 0 radical (unpaired) electrons. The summed E-state index contributed by atoms with van der Waals surface area (Å²) in [5.74, 6) is -3.19. The quantitative estimate of drug-likeness (QED) is 0.882. The molecule has 0 aliphatic carbocycles. The van der Waals surface area contributed by atoms with E-state index in [2.05, 4.69) is 26.6 Å². The van der Waals surface area contributed by atoms with Crippen LogP contribution in [0.5, 0.6) is 0 Å². The van der Waals surface area contributed by atoms with Crippen LogP contribution in [-0.4, -0.2) is 18.4 Å². The predicted octanol–water partition coefficient (Wildman–Crippen LogP) is 2.69. The van der Waals surface area contributed by atoms with Crippen molar-refractivity contribution in [2.24, 2.45) is 0 Å². The highest BCUT2D eigenvalue weighted by Gasteiger charge is 2.12. The largest absolute Gasteiger partial charge is 0.444 e. The number of carbonyl (C=O) groups excluding carboxylic acids is 2. The first-order valence-corrected chi connectivity index (χ1v) is 6.53. The van der Waals surface area contributed by atoms with Crippen LogP contribution in [0.2, 0.25) is 0 Å². The number of halogens is 3. The zero-order chi connectivity index (χ0) is 15.4. The number of amides is 2. The van der Waals surface area contributed by atoms with Gasteiger partial charge >= 0.3 is 0 Å². The highest BCUT2D eigenvalue weighted by Crippen LogP contribution is 2.14. The van der Waals surface area contributed by atoms with Gasteiger partial charge in [-0.05, 0) is 40.2 Å². The van der Waals surface area contributed by atoms with Crippen molar-refractivity contribution >= 4 is 33.4 Å². The number of anilines is 1. The van der Waals surface area contributed by atoms with Gasteiger partial charge in [-0.3, -0.25) is 9.59 Å². The van der Waals surface area contributed by atoms with E-state index in [0.717, 1.165) is 12.1 Å². The molecule has 0 spiro atoms. The van der Waals surface area contributed by atoms with Gasteiger partial charge in [0.1, 0.15) is 0 Å². The van der Waals surface area contributed by atoms with E-state index < -0.39 is 23.4 Å². The number of furan rings is 1. The van der Waals surface area contributed by atoms with Gasteiger partial charge in [-0.25, -0.2) is 8.78 Å². The van der Waals surface area contributed by atoms with Crippen LogP contribution in [0, 0.1) is 11.6 Å². The van der Waals surface area contributed by atoms with E-state index in [0.29, 0.717) is 4.67 Å². The fourth-order valence-corrected chi connectivity index (χ4v) is 1.77. The van der Waals surface area contributed by atoms with Gasteiger partial charge in [0, 0.05) is 11.8 Å². The number of hydrogen-bond acceptors (Lipinski definition) is 3. The fourth-order valence-electron chi connectivity index (χ4n) is 1.46. The van der Waals surface area contributed by atoms with Crippen molar-refractivity contribution in [2.75, 3.05) is 11.9 Å². The van der Waals surface area contributed by atoms with Crippen LogP contribution < -0.4 is 10.6 Å². The molecule has 0 aliphatic heterocycles. The molecule has 1 heterocycles. The van der Waals surface area contributed by atoms with Crippen LogP contribution >= 0.6 is 15.9 Å². The highest BCUT2D eigenvalue weighted by molar-refractivity contribution is 9.10. The van der Waals surface area contributed by atoms with Gasteiger partial charge in [0.25, 0.3) is 5.91 Å². The molecule has 110 valence electrons. The minimum absolute atomic E-state index is 0.0440. The predicted molar refractivity (Wildman–Crippen MR) is 73.7 cm³/mol. The summed E-state index contributed by atoms with van der Waals surface area (Å²) in [5, 5.41) is 4.65. The first-order valence-electron chi connectivity index (χ1n) is 5.74. The summed E-state index contributed by atoms with van der Waals surface area (Å²) in [6, 6.07) is 5.92. The molecular formula is C13H9BrF2N2O3. The van der Waals surface area contributed by atoms with Crippen molar-refractivity contribution < 1.29 is 22.8 Å². The number of rotatable bonds is 4. The average molecular weight is 359 g/mol. The molecule has 0 atom stereocenters. The summed E-state index contributed by atoms with van der Waals surface area (Å²) in [6.45, 7) is -0.337. The van der Waals surface area contributed by atoms with E-state index >= 15 is 0 Å². The van der Waals surface area contributed by atoms with E-state index in [1.807, 2.05) is 0 Å². The third-order valence-electron chi connectivity index (χ3n) is 2.41. The van der Waals surface area contributed by atoms with Crippen molar-refractivity contribution in [1.82, 2.24) is 5.32 Å². The molecule has 5 nitrogen and oxygen atoms in total. The molecule has 0 bridgehead atoms. The third kappa shape index (κ3) is 4.12. The van der Waals surface area contributed by atoms with Gasteiger partial charge in [0.05, 0.1) is 6.54 Å². The Balaban J connectivity index is 1.87. The Hall–Kier alpha value is -2.22. The average Bonchev–Trinajstić information content (AvgIpc) is 2.87. The van der Waals surface area contributed by atoms with E-state index in [-0.39, 0.29) is 18.0 Å². The number of nitrogens with one attached hydrogen (secondary N) is 2. The Morgan fingerprint density at radius 3 is 2.52 bits per heavy atom. The van der Waals surface area contributed by atoms with Gasteiger partial charge in [-0.15, -0.1) is 0 Å². The SMILES string of the molecule is O=C(CNC(=O)c1ccc(Br)o1)Nc1ccc(F)c(F)c1. The molecule has 1 aromatic heterocycles. The van der Waals surface area contributed by atoms with Crippen LogP contribution in [-0.2, 0) is 4.79 Å². The molecule has 0 fully saturated rings. The monoisotopic (exact) mass is 358 g/mol. The lowest BCUT2D eigenvalue weighted by Gasteiger charge is -2.06. The Kier molecular flexibility index (Phi) is 4.69. The molecule has 2 N–H and O–H groups in total. The normalized spacial score (nSPS) is 10.2. The van der Waals surface area contributed by atoms with E-state index in [9.17, 15) is 18.4 Å². The lowest BCUT2D eigenvalue weighted by atomic mass is 10.3. The fraction of sp³-hybridized carbons (Fsp3) is 0.0769. The lowest BCUT2D eigenvalue weighted by molar-refractivity contribution is -0.115. The summed E-state index contributed by atoms with van der Waals surface area (Å²) in [7, 11) is 0. The molecule has 0 saturated carbocycles. The van der Waals surface area contributed by atoms with Gasteiger partial charge in [0.2, 0.25) is 5.91 Å². The molecule has 2 rings (SSSR count). The summed E-state index contributed by atoms with van der Waals surface area (Å²) in [4.78, 5) is 23.2. The van der Waals surface area contributed by atoms with E-state index in [1.54, 1.807) is 0 Å². The van der Waals surface area contributed by atoms with Crippen LogP contribution in [0.4, 0.5) is 14.5 Å². The minimum Gasteiger partial charge on any atom is -0.444 e. The zero-order valence-electron chi connectivity index (χ0n) is 10.5. The number of carbonyl (C=O) groups is 2. The molecule has 0 aliphatic rings. The second kappa shape index (κ2) is 6.49. The summed E-state index contributed by atoms with van der Waals surface area (Å²) >= 11 is 3.05. The van der Waals surface area contributed by atoms with Crippen molar-refractivity contribution in [1.29, 1.82) is 0 Å². The Morgan fingerprint density at radius 1 is 1.14 bits per heavy atom. The van der Waals surface area contributed by atoms with Gasteiger partial charge in [-0.1, -0.05) is 0 Å². The summed E-state index contributed by atoms with van der Waals surface area (Å²) < 4.78 is 31.1. The van der Waals surface area contributed by atoms with Crippen molar-refractivity contribution in [2.45, 2.75) is 0 Å². The first kappa shape index (κ1) is 15.2. The first-order chi connectivity index (χ1) is 9.95. The van der Waals surface area contributed by atoms with Crippen molar-refractivity contribution in [3.8, 4) is 0 Å². The molecule has 8 heteroatoms. The van der Waals surface area contributed by atoms with Crippen molar-refractivity contribution in [3.05, 3.63) is 52.4 Å². The van der Waals surface area contributed by atoms with E-state index in [4.69, 9.17) is 4.42 Å². The highest BCUT2D eigenvalue weighted by atomic mass is 79.9. The standard InChI is InChI=1S/C13H9BrF2N2O3/c14-11-4-3-10(21-11)13(20)17-6-12(19)18-7-1-2-8(15)9(16)5-7/h1-5H,6H2,(H,17,20)(H,18,19). The Morgan fingerprint density at radius 2 is 1.90 bits per heavy atom. The van der Waals surface area contributed by atoms with Crippen LogP contribution in [0.25, 0.3) is 0 Å².